The Morgan fingerprint density at radius 2 is 0.860 bits per heavy atom. The van der Waals surface area contributed by atoms with Gasteiger partial charge in [0.2, 0.25) is 0 Å². The van der Waals surface area contributed by atoms with E-state index in [1.165, 1.54) is 0 Å². The number of benzene rings is 2. The van der Waals surface area contributed by atoms with E-state index in [1.807, 2.05) is 107 Å². The lowest BCUT2D eigenvalue weighted by Crippen LogP contribution is -2.18. The van der Waals surface area contributed by atoms with Crippen LogP contribution < -0.4 is 0 Å². The molecule has 43 heavy (non-hydrogen) atoms. The van der Waals surface area contributed by atoms with Crippen LogP contribution in [0.1, 0.15) is 129 Å². The number of carbonyl (C=O) groups is 2. The Morgan fingerprint density at radius 1 is 0.628 bits per heavy atom. The SMILES string of the molecule is CC(C)(C)c1cc(CCC(=O)OP(=S)(S)OC(=O)CCc2cc(C(C)(C)C)c(O)c(C(C)(C)C)c2)cc(C(C)(C)C)c1O. The first-order valence-corrected chi connectivity index (χ1v) is 18.5. The van der Waals surface area contributed by atoms with E-state index < -0.39 is 17.6 Å². The van der Waals surface area contributed by atoms with Gasteiger partial charge in [-0.3, -0.25) is 9.59 Å². The summed E-state index contributed by atoms with van der Waals surface area (Å²) < 4.78 is 10.7. The Labute approximate surface area is 269 Å². The normalized spacial score (nSPS) is 13.1. The predicted octanol–water partition coefficient (Wildman–Crippen LogP) is 9.09. The van der Waals surface area contributed by atoms with Crippen LogP contribution in [0.3, 0.4) is 0 Å². The Morgan fingerprint density at radius 3 is 1.07 bits per heavy atom. The van der Waals surface area contributed by atoms with E-state index in [4.69, 9.17) is 20.9 Å². The van der Waals surface area contributed by atoms with E-state index in [1.54, 1.807) is 0 Å². The zero-order chi connectivity index (χ0) is 33.3. The number of phenols is 2. The molecule has 2 N–H and O–H groups in total. The summed E-state index contributed by atoms with van der Waals surface area (Å²) in [7, 11) is 0. The zero-order valence-electron chi connectivity index (χ0n) is 28.0. The molecule has 0 saturated carbocycles. The topological polar surface area (TPSA) is 93.1 Å². The van der Waals surface area contributed by atoms with E-state index in [-0.39, 0.29) is 46.0 Å². The molecule has 0 fully saturated rings. The summed E-state index contributed by atoms with van der Waals surface area (Å²) in [4.78, 5) is 25.5. The molecule has 0 amide bonds. The molecule has 0 atom stereocenters. The minimum Gasteiger partial charge on any atom is -0.507 e. The van der Waals surface area contributed by atoms with Crippen LogP contribution >= 0.6 is 17.9 Å². The van der Waals surface area contributed by atoms with Crippen molar-refractivity contribution < 1.29 is 28.8 Å². The molecule has 2 aromatic rings. The van der Waals surface area contributed by atoms with Crippen molar-refractivity contribution in [2.24, 2.45) is 0 Å². The minimum absolute atomic E-state index is 0.0209. The van der Waals surface area contributed by atoms with Crippen LogP contribution in [-0.4, -0.2) is 22.2 Å². The predicted molar refractivity (Wildman–Crippen MR) is 183 cm³/mol. The Hall–Kier alpha value is -2.02. The molecular weight excluding hydrogens is 599 g/mol. The van der Waals surface area contributed by atoms with Crippen LogP contribution in [0.25, 0.3) is 0 Å². The standard InChI is InChI=1S/C34H51O6PS2/c1-31(2,3)23-17-21(18-24(29(23)37)32(4,5)6)13-15-27(35)39-41(42,43)40-28(36)16-14-22-19-25(33(7,8)9)30(38)26(20-22)34(10,11)12/h17-20,37-38H,13-16H2,1-12H3,(H,42,43). The first-order valence-electron chi connectivity index (χ1n) is 14.7. The van der Waals surface area contributed by atoms with Crippen molar-refractivity contribution >= 4 is 41.7 Å². The van der Waals surface area contributed by atoms with Crippen LogP contribution in [0.2, 0.25) is 0 Å². The van der Waals surface area contributed by atoms with Gasteiger partial charge in [-0.15, -0.1) is 0 Å². The third-order valence-electron chi connectivity index (χ3n) is 7.24. The van der Waals surface area contributed by atoms with Gasteiger partial charge in [0.25, 0.3) is 0 Å². The quantitative estimate of drug-likeness (QED) is 0.194. The average Bonchev–Trinajstić information content (AvgIpc) is 2.79. The number of aryl methyl sites for hydroxylation is 2. The minimum atomic E-state index is -3.46. The number of aromatic hydroxyl groups is 2. The molecule has 0 heterocycles. The molecule has 240 valence electrons. The van der Waals surface area contributed by atoms with Crippen LogP contribution in [0.15, 0.2) is 24.3 Å². The number of hydrogen-bond acceptors (Lipinski definition) is 7. The highest BCUT2D eigenvalue weighted by Crippen LogP contribution is 2.54. The van der Waals surface area contributed by atoms with Crippen molar-refractivity contribution in [3.8, 4) is 11.5 Å². The Bertz CT molecular complexity index is 1230. The van der Waals surface area contributed by atoms with Crippen LogP contribution in [0.5, 0.6) is 11.5 Å². The third-order valence-corrected chi connectivity index (χ3v) is 9.05. The second kappa shape index (κ2) is 13.1. The first-order chi connectivity index (χ1) is 19.2. The van der Waals surface area contributed by atoms with E-state index >= 15 is 0 Å². The van der Waals surface area contributed by atoms with Gasteiger partial charge < -0.3 is 19.3 Å². The Balaban J connectivity index is 2.10. The molecule has 0 bridgehead atoms. The molecule has 0 radical (unpaired) electrons. The fourth-order valence-electron chi connectivity index (χ4n) is 4.82. The summed E-state index contributed by atoms with van der Waals surface area (Å²) in [5, 5.41) is 21.9. The number of hydrogen-bond donors (Lipinski definition) is 3. The van der Waals surface area contributed by atoms with Crippen molar-refractivity contribution in [2.75, 3.05) is 0 Å². The summed E-state index contributed by atoms with van der Waals surface area (Å²) >= 11 is 9.54. The highest BCUT2D eigenvalue weighted by Gasteiger charge is 2.29. The molecular formula is C34H51O6PS2. The monoisotopic (exact) mass is 650 g/mol. The number of phenolic OH excluding ortho intramolecular Hbond substituents is 2. The molecule has 0 aromatic heterocycles. The van der Waals surface area contributed by atoms with Gasteiger partial charge in [0.15, 0.2) is 0 Å². The molecule has 0 aliphatic rings. The van der Waals surface area contributed by atoms with Gasteiger partial charge in [-0.25, -0.2) is 0 Å². The smallest absolute Gasteiger partial charge is 0.349 e. The molecule has 2 aromatic carbocycles. The summed E-state index contributed by atoms with van der Waals surface area (Å²) in [6.45, 7) is 24.4. The summed E-state index contributed by atoms with van der Waals surface area (Å²) in [6, 6.07) is 7.70. The maximum absolute atomic E-state index is 12.7. The van der Waals surface area contributed by atoms with Crippen molar-refractivity contribution in [1.29, 1.82) is 0 Å². The van der Waals surface area contributed by atoms with Crippen molar-refractivity contribution in [1.82, 2.24) is 0 Å². The van der Waals surface area contributed by atoms with Gasteiger partial charge in [-0.1, -0.05) is 120 Å². The van der Waals surface area contributed by atoms with Crippen molar-refractivity contribution in [3.63, 3.8) is 0 Å². The fourth-order valence-corrected chi connectivity index (χ4v) is 6.60. The highest BCUT2D eigenvalue weighted by molar-refractivity contribution is 8.60. The van der Waals surface area contributed by atoms with Crippen LogP contribution in [0, 0.1) is 0 Å². The number of carbonyl (C=O) groups excluding carboxylic acids is 2. The summed E-state index contributed by atoms with van der Waals surface area (Å²) in [6.07, 6.45) is 0.783. The summed E-state index contributed by atoms with van der Waals surface area (Å²) in [5.74, 6) is -0.643. The molecule has 0 aliphatic carbocycles. The molecule has 9 heteroatoms. The number of rotatable bonds is 8. The first kappa shape index (κ1) is 37.2. The molecule has 6 nitrogen and oxygen atoms in total. The third kappa shape index (κ3) is 10.5. The fraction of sp³-hybridized carbons (Fsp3) is 0.588. The van der Waals surface area contributed by atoms with Gasteiger partial charge in [0.05, 0.1) is 0 Å². The largest absolute Gasteiger partial charge is 0.507 e. The summed E-state index contributed by atoms with van der Waals surface area (Å²) in [5.41, 5.74) is 0.439. The van der Waals surface area contributed by atoms with Gasteiger partial charge in [-0.2, -0.15) is 0 Å². The number of thiol groups is 1. The molecule has 0 aliphatic heterocycles. The lowest BCUT2D eigenvalue weighted by molar-refractivity contribution is -0.137. The van der Waals surface area contributed by atoms with Crippen LogP contribution in [0.4, 0.5) is 0 Å². The van der Waals surface area contributed by atoms with Gasteiger partial charge >= 0.3 is 17.6 Å². The lowest BCUT2D eigenvalue weighted by atomic mass is 9.78. The van der Waals surface area contributed by atoms with Gasteiger partial charge in [-0.05, 0) is 79.7 Å². The molecule has 0 saturated heterocycles. The molecule has 0 unspecified atom stereocenters. The van der Waals surface area contributed by atoms with E-state index in [9.17, 15) is 19.8 Å². The average molecular weight is 651 g/mol. The Kier molecular flexibility index (Phi) is 11.4. The van der Waals surface area contributed by atoms with Gasteiger partial charge in [0.1, 0.15) is 11.5 Å². The second-order valence-corrected chi connectivity index (χ2v) is 20.6. The van der Waals surface area contributed by atoms with Crippen molar-refractivity contribution in [2.45, 2.75) is 130 Å². The second-order valence-electron chi connectivity index (χ2n) is 15.5. The lowest BCUT2D eigenvalue weighted by Gasteiger charge is -2.28. The van der Waals surface area contributed by atoms with E-state index in [0.717, 1.165) is 33.4 Å². The van der Waals surface area contributed by atoms with E-state index in [2.05, 4.69) is 12.2 Å². The van der Waals surface area contributed by atoms with Crippen molar-refractivity contribution in [3.05, 3.63) is 57.6 Å². The maximum atomic E-state index is 12.7. The van der Waals surface area contributed by atoms with E-state index in [0.29, 0.717) is 12.8 Å². The molecule has 2 rings (SSSR count). The zero-order valence-corrected chi connectivity index (χ0v) is 30.6. The van der Waals surface area contributed by atoms with Crippen LogP contribution in [-0.2, 0) is 64.9 Å². The maximum Gasteiger partial charge on any atom is 0.349 e. The highest BCUT2D eigenvalue weighted by atomic mass is 32.9. The van der Waals surface area contributed by atoms with Gasteiger partial charge in [0, 0.05) is 12.8 Å². The molecule has 0 spiro atoms.